The second-order valence-electron chi connectivity index (χ2n) is 12.1. The van der Waals surface area contributed by atoms with Crippen LogP contribution in [0.2, 0.25) is 0 Å². The van der Waals surface area contributed by atoms with Crippen LogP contribution in [0.4, 0.5) is 0 Å². The minimum atomic E-state index is -0.00663. The number of fused-ring (bicyclic) bond motifs is 3. The van der Waals surface area contributed by atoms with Gasteiger partial charge in [-0.1, -0.05) is 129 Å². The Kier molecular flexibility index (Phi) is 6.46. The Balaban J connectivity index is 1.21. The molecule has 0 fully saturated rings. The van der Waals surface area contributed by atoms with Crippen LogP contribution in [0, 0.1) is 0 Å². The summed E-state index contributed by atoms with van der Waals surface area (Å²) in [5.41, 5.74) is 14.7. The predicted molar refractivity (Wildman–Crippen MR) is 185 cm³/mol. The lowest BCUT2D eigenvalue weighted by molar-refractivity contribution is 0.660. The topological polar surface area (TPSA) is 38.7 Å². The third-order valence-electron chi connectivity index (χ3n) is 8.97. The summed E-state index contributed by atoms with van der Waals surface area (Å²) < 4.78 is 0. The summed E-state index contributed by atoms with van der Waals surface area (Å²) in [6, 6.07) is 51.1. The molecule has 0 spiro atoms. The van der Waals surface area contributed by atoms with Gasteiger partial charge in [0, 0.05) is 33.9 Å². The third kappa shape index (κ3) is 4.83. The van der Waals surface area contributed by atoms with Gasteiger partial charge in [-0.2, -0.15) is 0 Å². The second kappa shape index (κ2) is 10.8. The van der Waals surface area contributed by atoms with Crippen molar-refractivity contribution in [1.29, 1.82) is 0 Å². The van der Waals surface area contributed by atoms with Gasteiger partial charge >= 0.3 is 0 Å². The van der Waals surface area contributed by atoms with Crippen LogP contribution in [0.3, 0.4) is 0 Å². The Hall–Kier alpha value is -5.67. The van der Waals surface area contributed by atoms with Crippen molar-refractivity contribution in [3.63, 3.8) is 0 Å². The zero-order valence-electron chi connectivity index (χ0n) is 25.3. The fraction of sp³-hybridized carbons (Fsp3) is 0.0714. The summed E-state index contributed by atoms with van der Waals surface area (Å²) in [5, 5.41) is 0. The predicted octanol–water partition coefficient (Wildman–Crippen LogP) is 10.5. The number of hydrogen-bond donors (Lipinski definition) is 0. The van der Waals surface area contributed by atoms with Crippen LogP contribution in [0.5, 0.6) is 0 Å². The van der Waals surface area contributed by atoms with Crippen molar-refractivity contribution in [2.75, 3.05) is 0 Å². The molecule has 0 unspecified atom stereocenters. The lowest BCUT2D eigenvalue weighted by Crippen LogP contribution is -2.14. The van der Waals surface area contributed by atoms with E-state index >= 15 is 0 Å². The maximum atomic E-state index is 5.08. The van der Waals surface area contributed by atoms with Crippen LogP contribution in [0.1, 0.15) is 25.0 Å². The van der Waals surface area contributed by atoms with Gasteiger partial charge in [0.2, 0.25) is 0 Å². The Bertz CT molecular complexity index is 2170. The van der Waals surface area contributed by atoms with Crippen molar-refractivity contribution < 1.29 is 0 Å². The molecule has 0 aliphatic heterocycles. The fourth-order valence-electron chi connectivity index (χ4n) is 6.56. The second-order valence-corrected chi connectivity index (χ2v) is 12.1. The first-order valence-corrected chi connectivity index (χ1v) is 15.4. The van der Waals surface area contributed by atoms with E-state index in [2.05, 4.69) is 128 Å². The molecule has 2 heterocycles. The number of pyridine rings is 1. The molecule has 0 saturated carbocycles. The molecule has 214 valence electrons. The van der Waals surface area contributed by atoms with Gasteiger partial charge in [-0.05, 0) is 63.7 Å². The van der Waals surface area contributed by atoms with Crippen molar-refractivity contribution in [2.24, 2.45) is 0 Å². The average Bonchev–Trinajstić information content (AvgIpc) is 3.34. The molecule has 3 heteroatoms. The highest BCUT2D eigenvalue weighted by Gasteiger charge is 2.35. The van der Waals surface area contributed by atoms with Gasteiger partial charge in [0.15, 0.2) is 5.82 Å². The summed E-state index contributed by atoms with van der Waals surface area (Å²) in [4.78, 5) is 14.6. The molecule has 7 aromatic rings. The van der Waals surface area contributed by atoms with Gasteiger partial charge < -0.3 is 0 Å². The lowest BCUT2D eigenvalue weighted by atomic mass is 9.82. The molecule has 5 aromatic carbocycles. The van der Waals surface area contributed by atoms with E-state index in [4.69, 9.17) is 9.97 Å². The van der Waals surface area contributed by atoms with E-state index in [0.29, 0.717) is 5.82 Å². The molecule has 1 aliphatic rings. The van der Waals surface area contributed by atoms with E-state index < -0.39 is 0 Å². The SMILES string of the molecule is CC1(C)c2ccccc2-c2cc(-c3cccc(-c4cc(-c5ccc(-c6ccccn6)cc5)nc(-c5ccccc5)n4)c3)ccc21. The Morgan fingerprint density at radius 2 is 1.00 bits per heavy atom. The Morgan fingerprint density at radius 1 is 0.400 bits per heavy atom. The van der Waals surface area contributed by atoms with Crippen LogP contribution < -0.4 is 0 Å². The highest BCUT2D eigenvalue weighted by molar-refractivity contribution is 5.85. The van der Waals surface area contributed by atoms with E-state index in [0.717, 1.165) is 39.3 Å². The minimum Gasteiger partial charge on any atom is -0.256 e. The van der Waals surface area contributed by atoms with E-state index in [-0.39, 0.29) is 5.41 Å². The van der Waals surface area contributed by atoms with E-state index in [1.807, 2.05) is 42.6 Å². The molecule has 8 rings (SSSR count). The molecule has 0 bridgehead atoms. The van der Waals surface area contributed by atoms with Gasteiger partial charge in [-0.3, -0.25) is 4.98 Å². The van der Waals surface area contributed by atoms with Crippen molar-refractivity contribution in [2.45, 2.75) is 19.3 Å². The molecule has 0 atom stereocenters. The highest BCUT2D eigenvalue weighted by atomic mass is 14.9. The molecule has 0 amide bonds. The standard InChI is InChI=1S/C42H31N3/c1-42(2)36-16-7-6-15-34(36)35-26-32(22-23-37(35)42)31-13-10-14-33(25-31)40-27-39(44-41(45-40)30-11-4-3-5-12-30)29-20-18-28(19-21-29)38-17-8-9-24-43-38/h3-27H,1-2H3. The summed E-state index contributed by atoms with van der Waals surface area (Å²) >= 11 is 0. The first-order valence-electron chi connectivity index (χ1n) is 15.4. The van der Waals surface area contributed by atoms with Gasteiger partial charge in [-0.25, -0.2) is 9.97 Å². The molecule has 2 aromatic heterocycles. The molecule has 1 aliphatic carbocycles. The van der Waals surface area contributed by atoms with Crippen molar-refractivity contribution in [3.8, 4) is 67.4 Å². The van der Waals surface area contributed by atoms with Gasteiger partial charge in [0.25, 0.3) is 0 Å². The zero-order valence-corrected chi connectivity index (χ0v) is 25.3. The summed E-state index contributed by atoms with van der Waals surface area (Å²) in [6.45, 7) is 4.64. The average molecular weight is 578 g/mol. The van der Waals surface area contributed by atoms with Crippen LogP contribution in [0.25, 0.3) is 67.4 Å². The molecule has 45 heavy (non-hydrogen) atoms. The minimum absolute atomic E-state index is 0.00663. The summed E-state index contributed by atoms with van der Waals surface area (Å²) in [5.74, 6) is 0.707. The largest absolute Gasteiger partial charge is 0.256 e. The van der Waals surface area contributed by atoms with E-state index in [9.17, 15) is 0 Å². The molecule has 3 nitrogen and oxygen atoms in total. The van der Waals surface area contributed by atoms with Crippen molar-refractivity contribution >= 4 is 0 Å². The van der Waals surface area contributed by atoms with Gasteiger partial charge in [-0.15, -0.1) is 0 Å². The maximum Gasteiger partial charge on any atom is 0.160 e. The summed E-state index contributed by atoms with van der Waals surface area (Å²) in [7, 11) is 0. The smallest absolute Gasteiger partial charge is 0.160 e. The molecule has 0 saturated heterocycles. The van der Waals surface area contributed by atoms with Gasteiger partial charge in [0.05, 0.1) is 17.1 Å². The monoisotopic (exact) mass is 577 g/mol. The Morgan fingerprint density at radius 3 is 1.78 bits per heavy atom. The number of rotatable bonds is 5. The Labute approximate surface area is 264 Å². The number of nitrogens with zero attached hydrogens (tertiary/aromatic N) is 3. The normalized spacial score (nSPS) is 12.8. The van der Waals surface area contributed by atoms with E-state index in [1.165, 1.54) is 33.4 Å². The van der Waals surface area contributed by atoms with Crippen LogP contribution in [-0.2, 0) is 5.41 Å². The first kappa shape index (κ1) is 26.9. The molecular weight excluding hydrogens is 546 g/mol. The van der Waals surface area contributed by atoms with Crippen molar-refractivity contribution in [1.82, 2.24) is 15.0 Å². The van der Waals surface area contributed by atoms with Crippen LogP contribution >= 0.6 is 0 Å². The molecule has 0 N–H and O–H groups in total. The van der Waals surface area contributed by atoms with Crippen LogP contribution in [0.15, 0.2) is 152 Å². The number of aromatic nitrogens is 3. The summed E-state index contributed by atoms with van der Waals surface area (Å²) in [6.07, 6.45) is 1.82. The zero-order chi connectivity index (χ0) is 30.4. The third-order valence-corrected chi connectivity index (χ3v) is 8.97. The maximum absolute atomic E-state index is 5.08. The molecular formula is C42H31N3. The number of hydrogen-bond acceptors (Lipinski definition) is 3. The first-order chi connectivity index (χ1) is 22.0. The molecule has 0 radical (unpaired) electrons. The van der Waals surface area contributed by atoms with Crippen molar-refractivity contribution in [3.05, 3.63) is 163 Å². The fourth-order valence-corrected chi connectivity index (χ4v) is 6.56. The van der Waals surface area contributed by atoms with E-state index in [1.54, 1.807) is 0 Å². The highest BCUT2D eigenvalue weighted by Crippen LogP contribution is 2.49. The van der Waals surface area contributed by atoms with Gasteiger partial charge in [0.1, 0.15) is 0 Å². The quantitative estimate of drug-likeness (QED) is 0.204. The number of benzene rings is 5. The lowest BCUT2D eigenvalue weighted by Gasteiger charge is -2.21. The van der Waals surface area contributed by atoms with Crippen LogP contribution in [-0.4, -0.2) is 15.0 Å².